The van der Waals surface area contributed by atoms with Crippen LogP contribution < -0.4 is 5.32 Å². The van der Waals surface area contributed by atoms with Crippen molar-refractivity contribution in [3.05, 3.63) is 35.4 Å². The van der Waals surface area contributed by atoms with Crippen molar-refractivity contribution in [3.63, 3.8) is 0 Å². The Hall–Kier alpha value is -1.30. The first-order valence-electron chi connectivity index (χ1n) is 5.54. The van der Waals surface area contributed by atoms with Crippen molar-refractivity contribution in [2.24, 2.45) is 0 Å². The highest BCUT2D eigenvalue weighted by atomic mass is 16.5. The molecule has 16 heavy (non-hydrogen) atoms. The van der Waals surface area contributed by atoms with Gasteiger partial charge in [0.05, 0.1) is 6.61 Å². The quantitative estimate of drug-likeness (QED) is 0.583. The van der Waals surface area contributed by atoms with E-state index in [0.29, 0.717) is 6.61 Å². The summed E-state index contributed by atoms with van der Waals surface area (Å²) in [7, 11) is 1.72. The molecule has 0 amide bonds. The largest absolute Gasteiger partial charge is 0.380 e. The number of nitrogens with one attached hydrogen (secondary N) is 1. The van der Waals surface area contributed by atoms with Crippen LogP contribution in [0.2, 0.25) is 0 Å². The molecule has 0 saturated carbocycles. The van der Waals surface area contributed by atoms with Gasteiger partial charge in [0.25, 0.3) is 0 Å². The van der Waals surface area contributed by atoms with Crippen LogP contribution in [0.15, 0.2) is 24.3 Å². The summed E-state index contributed by atoms with van der Waals surface area (Å²) in [5.41, 5.74) is 2.51. The molecule has 86 valence electrons. The third kappa shape index (κ3) is 4.97. The van der Waals surface area contributed by atoms with Gasteiger partial charge in [-0.3, -0.25) is 0 Å². The van der Waals surface area contributed by atoms with Crippen molar-refractivity contribution in [2.45, 2.75) is 26.5 Å². The molecule has 1 aromatic rings. The SMILES string of the molecule is CC#CCCNCc1cccc(COC)c1. The number of hydrogen-bond donors (Lipinski definition) is 1. The molecule has 0 aliphatic heterocycles. The minimum Gasteiger partial charge on any atom is -0.380 e. The third-order valence-corrected chi connectivity index (χ3v) is 2.24. The van der Waals surface area contributed by atoms with Crippen molar-refractivity contribution in [3.8, 4) is 11.8 Å². The molecule has 0 aromatic heterocycles. The van der Waals surface area contributed by atoms with Gasteiger partial charge in [0.2, 0.25) is 0 Å². The normalized spacial score (nSPS) is 9.62. The smallest absolute Gasteiger partial charge is 0.0713 e. The molecule has 0 bridgehead atoms. The lowest BCUT2D eigenvalue weighted by Crippen LogP contribution is -2.14. The predicted molar refractivity (Wildman–Crippen MR) is 66.9 cm³/mol. The van der Waals surface area contributed by atoms with Crippen LogP contribution in [0, 0.1) is 11.8 Å². The van der Waals surface area contributed by atoms with E-state index in [2.05, 4.69) is 41.4 Å². The number of methoxy groups -OCH3 is 1. The van der Waals surface area contributed by atoms with E-state index >= 15 is 0 Å². The second-order valence-corrected chi connectivity index (χ2v) is 3.61. The highest BCUT2D eigenvalue weighted by Crippen LogP contribution is 2.05. The first-order chi connectivity index (χ1) is 7.86. The van der Waals surface area contributed by atoms with E-state index in [4.69, 9.17) is 4.74 Å². The number of benzene rings is 1. The summed E-state index contributed by atoms with van der Waals surface area (Å²) in [5, 5.41) is 3.36. The lowest BCUT2D eigenvalue weighted by Gasteiger charge is -2.05. The van der Waals surface area contributed by atoms with Crippen molar-refractivity contribution in [2.75, 3.05) is 13.7 Å². The van der Waals surface area contributed by atoms with Gasteiger partial charge in [-0.15, -0.1) is 11.8 Å². The Morgan fingerprint density at radius 1 is 1.31 bits per heavy atom. The fourth-order valence-corrected chi connectivity index (χ4v) is 1.50. The lowest BCUT2D eigenvalue weighted by atomic mass is 10.1. The molecule has 0 heterocycles. The molecule has 0 saturated heterocycles. The van der Waals surface area contributed by atoms with Gasteiger partial charge < -0.3 is 10.1 Å². The summed E-state index contributed by atoms with van der Waals surface area (Å²) >= 11 is 0. The van der Waals surface area contributed by atoms with Crippen LogP contribution in [0.5, 0.6) is 0 Å². The van der Waals surface area contributed by atoms with Crippen LogP contribution in [0.3, 0.4) is 0 Å². The number of ether oxygens (including phenoxy) is 1. The number of hydrogen-bond acceptors (Lipinski definition) is 2. The second-order valence-electron chi connectivity index (χ2n) is 3.61. The van der Waals surface area contributed by atoms with Crippen LogP contribution in [0.1, 0.15) is 24.5 Å². The van der Waals surface area contributed by atoms with Gasteiger partial charge in [0.15, 0.2) is 0 Å². The minimum atomic E-state index is 0.676. The third-order valence-electron chi connectivity index (χ3n) is 2.24. The second kappa shape index (κ2) is 7.92. The van der Waals surface area contributed by atoms with Crippen LogP contribution in [0.4, 0.5) is 0 Å². The standard InChI is InChI=1S/C14H19NO/c1-3-4-5-9-15-11-13-7-6-8-14(10-13)12-16-2/h6-8,10,15H,5,9,11-12H2,1-2H3. The van der Waals surface area contributed by atoms with Gasteiger partial charge in [-0.05, 0) is 18.1 Å². The molecule has 1 rings (SSSR count). The maximum atomic E-state index is 5.10. The topological polar surface area (TPSA) is 21.3 Å². The predicted octanol–water partition coefficient (Wildman–Crippen LogP) is 2.34. The fourth-order valence-electron chi connectivity index (χ4n) is 1.50. The molecule has 0 unspecified atom stereocenters. The summed E-state index contributed by atoms with van der Waals surface area (Å²) in [6.07, 6.45) is 0.911. The molecule has 0 atom stereocenters. The monoisotopic (exact) mass is 217 g/mol. The van der Waals surface area contributed by atoms with E-state index in [9.17, 15) is 0 Å². The summed E-state index contributed by atoms with van der Waals surface area (Å²) in [5.74, 6) is 5.92. The summed E-state index contributed by atoms with van der Waals surface area (Å²) in [6.45, 7) is 4.38. The summed E-state index contributed by atoms with van der Waals surface area (Å²) in [4.78, 5) is 0. The molecular formula is C14H19NO. The highest BCUT2D eigenvalue weighted by Gasteiger charge is 1.95. The lowest BCUT2D eigenvalue weighted by molar-refractivity contribution is 0.185. The summed E-state index contributed by atoms with van der Waals surface area (Å²) < 4.78 is 5.10. The van der Waals surface area contributed by atoms with E-state index in [1.165, 1.54) is 11.1 Å². The highest BCUT2D eigenvalue weighted by molar-refractivity contribution is 5.22. The van der Waals surface area contributed by atoms with Gasteiger partial charge >= 0.3 is 0 Å². The molecule has 2 nitrogen and oxygen atoms in total. The summed E-state index contributed by atoms with van der Waals surface area (Å²) in [6, 6.07) is 8.44. The van der Waals surface area contributed by atoms with E-state index in [-0.39, 0.29) is 0 Å². The minimum absolute atomic E-state index is 0.676. The first kappa shape index (κ1) is 12.8. The van der Waals surface area contributed by atoms with E-state index in [0.717, 1.165) is 19.5 Å². The van der Waals surface area contributed by atoms with Crippen molar-refractivity contribution in [1.82, 2.24) is 5.32 Å². The van der Waals surface area contributed by atoms with Crippen LogP contribution in [-0.2, 0) is 17.9 Å². The molecule has 0 radical (unpaired) electrons. The molecule has 0 aliphatic carbocycles. The van der Waals surface area contributed by atoms with Crippen molar-refractivity contribution >= 4 is 0 Å². The first-order valence-corrected chi connectivity index (χ1v) is 5.54. The maximum Gasteiger partial charge on any atom is 0.0713 e. The molecule has 2 heteroatoms. The van der Waals surface area contributed by atoms with E-state index in [1.807, 2.05) is 6.92 Å². The Labute approximate surface area is 98.0 Å². The van der Waals surface area contributed by atoms with Gasteiger partial charge in [0, 0.05) is 26.6 Å². The van der Waals surface area contributed by atoms with Gasteiger partial charge in [0.1, 0.15) is 0 Å². The average molecular weight is 217 g/mol. The Kier molecular flexibility index (Phi) is 6.32. The van der Waals surface area contributed by atoms with Crippen LogP contribution >= 0.6 is 0 Å². The Balaban J connectivity index is 2.34. The van der Waals surface area contributed by atoms with Crippen molar-refractivity contribution in [1.29, 1.82) is 0 Å². The van der Waals surface area contributed by atoms with Crippen LogP contribution in [-0.4, -0.2) is 13.7 Å². The van der Waals surface area contributed by atoms with Gasteiger partial charge in [-0.25, -0.2) is 0 Å². The molecular weight excluding hydrogens is 198 g/mol. The average Bonchev–Trinajstić information content (AvgIpc) is 2.30. The zero-order valence-corrected chi connectivity index (χ0v) is 10.0. The molecule has 0 spiro atoms. The maximum absolute atomic E-state index is 5.10. The van der Waals surface area contributed by atoms with Gasteiger partial charge in [-0.1, -0.05) is 24.3 Å². The van der Waals surface area contributed by atoms with Crippen LogP contribution in [0.25, 0.3) is 0 Å². The zero-order valence-electron chi connectivity index (χ0n) is 10.0. The fraction of sp³-hybridized carbons (Fsp3) is 0.429. The van der Waals surface area contributed by atoms with E-state index in [1.54, 1.807) is 7.11 Å². The van der Waals surface area contributed by atoms with Crippen molar-refractivity contribution < 1.29 is 4.74 Å². The molecule has 0 aliphatic rings. The zero-order chi connectivity index (χ0) is 11.6. The van der Waals surface area contributed by atoms with Gasteiger partial charge in [-0.2, -0.15) is 0 Å². The molecule has 1 N–H and O–H groups in total. The Morgan fingerprint density at radius 2 is 2.12 bits per heavy atom. The number of rotatable bonds is 6. The molecule has 1 aromatic carbocycles. The van der Waals surface area contributed by atoms with E-state index < -0.39 is 0 Å². The molecule has 0 fully saturated rings. The Morgan fingerprint density at radius 3 is 2.88 bits per heavy atom. The Bertz CT molecular complexity index is 362.